The summed E-state index contributed by atoms with van der Waals surface area (Å²) in [5.41, 5.74) is 1.15. The molecule has 4 heteroatoms. The lowest BCUT2D eigenvalue weighted by Gasteiger charge is -2.00. The van der Waals surface area contributed by atoms with E-state index in [4.69, 9.17) is 4.74 Å². The van der Waals surface area contributed by atoms with E-state index < -0.39 is 0 Å². The molecule has 0 saturated carbocycles. The van der Waals surface area contributed by atoms with Crippen LogP contribution in [0.15, 0.2) is 18.3 Å². The van der Waals surface area contributed by atoms with E-state index in [0.717, 1.165) is 11.5 Å². The first-order chi connectivity index (χ1) is 6.50. The Kier molecular flexibility index (Phi) is 3.06. The van der Waals surface area contributed by atoms with Crippen LogP contribution in [0.4, 0.5) is 0 Å². The maximum atomic E-state index is 11.1. The average molecular weight is 194 g/mol. The predicted octanol–water partition coefficient (Wildman–Crippen LogP) is 1.35. The Morgan fingerprint density at radius 3 is 2.79 bits per heavy atom. The van der Waals surface area contributed by atoms with Gasteiger partial charge >= 0.3 is 5.97 Å². The summed E-state index contributed by atoms with van der Waals surface area (Å²) in [4.78, 5) is 15.2. The van der Waals surface area contributed by atoms with Crippen LogP contribution < -0.4 is 0 Å². The van der Waals surface area contributed by atoms with Crippen LogP contribution in [0.25, 0.3) is 0 Å². The van der Waals surface area contributed by atoms with Crippen LogP contribution in [0.1, 0.15) is 18.4 Å². The molecule has 0 aromatic carbocycles. The Morgan fingerprint density at radius 1 is 1.71 bits per heavy atom. The van der Waals surface area contributed by atoms with E-state index >= 15 is 0 Å². The maximum absolute atomic E-state index is 11.1. The zero-order chi connectivity index (χ0) is 10.7. The van der Waals surface area contributed by atoms with Crippen molar-refractivity contribution < 1.29 is 9.53 Å². The second-order valence-corrected chi connectivity index (χ2v) is 3.25. The standard InChI is InChI=1S/C10H14N2O2/c1-7(2)10(13)14-6-9-5-12(4)8(3)11-9/h5H,1,6H2,2-4H3. The van der Waals surface area contributed by atoms with Crippen molar-refractivity contribution in [3.05, 3.63) is 29.9 Å². The molecule has 0 fully saturated rings. The number of esters is 1. The molecule has 76 valence electrons. The first-order valence-electron chi connectivity index (χ1n) is 4.32. The van der Waals surface area contributed by atoms with Gasteiger partial charge in [0.05, 0.1) is 5.69 Å². The van der Waals surface area contributed by atoms with Crippen molar-refractivity contribution in [3.63, 3.8) is 0 Å². The molecule has 1 aromatic heterocycles. The van der Waals surface area contributed by atoms with E-state index in [1.165, 1.54) is 0 Å². The van der Waals surface area contributed by atoms with E-state index in [1.807, 2.05) is 24.7 Å². The average Bonchev–Trinajstić information content (AvgIpc) is 2.42. The van der Waals surface area contributed by atoms with Crippen LogP contribution in [-0.2, 0) is 23.2 Å². The molecule has 0 radical (unpaired) electrons. The highest BCUT2D eigenvalue weighted by atomic mass is 16.5. The van der Waals surface area contributed by atoms with Gasteiger partial charge in [-0.15, -0.1) is 0 Å². The van der Waals surface area contributed by atoms with Crippen LogP contribution in [0, 0.1) is 6.92 Å². The fraction of sp³-hybridized carbons (Fsp3) is 0.400. The summed E-state index contributed by atoms with van der Waals surface area (Å²) in [5, 5.41) is 0. The second-order valence-electron chi connectivity index (χ2n) is 3.25. The Labute approximate surface area is 83.2 Å². The molecule has 0 saturated heterocycles. The van der Waals surface area contributed by atoms with Crippen LogP contribution in [-0.4, -0.2) is 15.5 Å². The zero-order valence-electron chi connectivity index (χ0n) is 8.70. The minimum absolute atomic E-state index is 0.202. The smallest absolute Gasteiger partial charge is 0.333 e. The largest absolute Gasteiger partial charge is 0.456 e. The fourth-order valence-corrected chi connectivity index (χ4v) is 0.965. The summed E-state index contributed by atoms with van der Waals surface area (Å²) >= 11 is 0. The molecule has 1 aromatic rings. The molecule has 0 amide bonds. The molecule has 0 aliphatic rings. The van der Waals surface area contributed by atoms with Crippen molar-refractivity contribution in [1.29, 1.82) is 0 Å². The van der Waals surface area contributed by atoms with Gasteiger partial charge < -0.3 is 9.30 Å². The molecule has 0 aliphatic heterocycles. The number of hydrogen-bond acceptors (Lipinski definition) is 3. The third kappa shape index (κ3) is 2.45. The minimum atomic E-state index is -0.381. The molecule has 0 unspecified atom stereocenters. The number of carbonyl (C=O) groups is 1. The van der Waals surface area contributed by atoms with Gasteiger partial charge in [-0.3, -0.25) is 0 Å². The molecule has 1 rings (SSSR count). The van der Waals surface area contributed by atoms with Crippen molar-refractivity contribution in [1.82, 2.24) is 9.55 Å². The second kappa shape index (κ2) is 4.09. The lowest BCUT2D eigenvalue weighted by Crippen LogP contribution is -2.04. The molecule has 0 atom stereocenters. The molecule has 0 spiro atoms. The maximum Gasteiger partial charge on any atom is 0.333 e. The quantitative estimate of drug-likeness (QED) is 0.539. The third-order valence-electron chi connectivity index (χ3n) is 1.86. The fourth-order valence-electron chi connectivity index (χ4n) is 0.965. The van der Waals surface area contributed by atoms with Crippen molar-refractivity contribution in [2.75, 3.05) is 0 Å². The van der Waals surface area contributed by atoms with Gasteiger partial charge in [0.1, 0.15) is 12.4 Å². The number of carbonyl (C=O) groups excluding carboxylic acids is 1. The Hall–Kier alpha value is -1.58. The van der Waals surface area contributed by atoms with Gasteiger partial charge in [-0.05, 0) is 13.8 Å². The molecule has 0 bridgehead atoms. The number of hydrogen-bond donors (Lipinski definition) is 0. The number of imidazole rings is 1. The number of aryl methyl sites for hydroxylation is 2. The first-order valence-corrected chi connectivity index (χ1v) is 4.32. The van der Waals surface area contributed by atoms with Crippen molar-refractivity contribution in [3.8, 4) is 0 Å². The third-order valence-corrected chi connectivity index (χ3v) is 1.86. The molecule has 0 aliphatic carbocycles. The van der Waals surface area contributed by atoms with E-state index in [9.17, 15) is 4.79 Å². The lowest BCUT2D eigenvalue weighted by atomic mass is 10.4. The summed E-state index contributed by atoms with van der Waals surface area (Å²) in [6, 6.07) is 0. The molecular formula is C10H14N2O2. The molecule has 4 nitrogen and oxygen atoms in total. The van der Waals surface area contributed by atoms with E-state index in [1.54, 1.807) is 6.92 Å². The van der Waals surface area contributed by atoms with Gasteiger partial charge in [-0.2, -0.15) is 0 Å². The lowest BCUT2D eigenvalue weighted by molar-refractivity contribution is -0.140. The molecule has 14 heavy (non-hydrogen) atoms. The van der Waals surface area contributed by atoms with Gasteiger partial charge in [0.2, 0.25) is 0 Å². The van der Waals surface area contributed by atoms with Crippen LogP contribution in [0.5, 0.6) is 0 Å². The molecular weight excluding hydrogens is 180 g/mol. The summed E-state index contributed by atoms with van der Waals surface area (Å²) in [6.45, 7) is 7.20. The van der Waals surface area contributed by atoms with E-state index in [-0.39, 0.29) is 12.6 Å². The highest BCUT2D eigenvalue weighted by Crippen LogP contribution is 2.03. The number of rotatable bonds is 3. The van der Waals surface area contributed by atoms with Gasteiger partial charge in [0.15, 0.2) is 0 Å². The number of ether oxygens (including phenoxy) is 1. The highest BCUT2D eigenvalue weighted by Gasteiger charge is 2.06. The molecule has 0 N–H and O–H groups in total. The van der Waals surface area contributed by atoms with Crippen molar-refractivity contribution >= 4 is 5.97 Å². The highest BCUT2D eigenvalue weighted by molar-refractivity contribution is 5.86. The van der Waals surface area contributed by atoms with Crippen LogP contribution in [0.3, 0.4) is 0 Å². The normalized spacial score (nSPS) is 9.93. The Morgan fingerprint density at radius 2 is 2.36 bits per heavy atom. The number of aromatic nitrogens is 2. The number of nitrogens with zero attached hydrogens (tertiary/aromatic N) is 2. The molecule has 1 heterocycles. The Balaban J connectivity index is 2.54. The van der Waals surface area contributed by atoms with Crippen molar-refractivity contribution in [2.24, 2.45) is 7.05 Å². The van der Waals surface area contributed by atoms with E-state index in [0.29, 0.717) is 5.57 Å². The monoisotopic (exact) mass is 194 g/mol. The predicted molar refractivity (Wildman–Crippen MR) is 52.6 cm³/mol. The van der Waals surface area contributed by atoms with Crippen LogP contribution >= 0.6 is 0 Å². The first kappa shape index (κ1) is 10.5. The zero-order valence-corrected chi connectivity index (χ0v) is 8.70. The Bertz CT molecular complexity index is 347. The van der Waals surface area contributed by atoms with E-state index in [2.05, 4.69) is 11.6 Å². The summed E-state index contributed by atoms with van der Waals surface area (Å²) < 4.78 is 6.82. The topological polar surface area (TPSA) is 44.1 Å². The summed E-state index contributed by atoms with van der Waals surface area (Å²) in [7, 11) is 1.90. The SMILES string of the molecule is C=C(C)C(=O)OCc1cn(C)c(C)n1. The summed E-state index contributed by atoms with van der Waals surface area (Å²) in [6.07, 6.45) is 1.83. The summed E-state index contributed by atoms with van der Waals surface area (Å²) in [5.74, 6) is 0.514. The van der Waals surface area contributed by atoms with Gasteiger partial charge in [0, 0.05) is 18.8 Å². The minimum Gasteiger partial charge on any atom is -0.456 e. The van der Waals surface area contributed by atoms with Crippen molar-refractivity contribution in [2.45, 2.75) is 20.5 Å². The van der Waals surface area contributed by atoms with Gasteiger partial charge in [0.25, 0.3) is 0 Å². The van der Waals surface area contributed by atoms with Crippen LogP contribution in [0.2, 0.25) is 0 Å². The van der Waals surface area contributed by atoms with Gasteiger partial charge in [-0.1, -0.05) is 6.58 Å². The van der Waals surface area contributed by atoms with Gasteiger partial charge in [-0.25, -0.2) is 9.78 Å².